The van der Waals surface area contributed by atoms with E-state index in [0.29, 0.717) is 36.8 Å². The third kappa shape index (κ3) is 2.63. The van der Waals surface area contributed by atoms with Gasteiger partial charge in [-0.1, -0.05) is 29.8 Å². The molecule has 0 saturated carbocycles. The topological polar surface area (TPSA) is 61.1 Å². The number of carbonyl (C=O) groups excluding carboxylic acids is 1. The van der Waals surface area contributed by atoms with Crippen molar-refractivity contribution < 1.29 is 4.79 Å². The van der Waals surface area contributed by atoms with Crippen molar-refractivity contribution in [1.29, 1.82) is 0 Å². The van der Waals surface area contributed by atoms with Gasteiger partial charge < -0.3 is 0 Å². The molecule has 1 heterocycles. The number of hydrogen-bond acceptors (Lipinski definition) is 3. The van der Waals surface area contributed by atoms with Crippen molar-refractivity contribution in [3.63, 3.8) is 0 Å². The van der Waals surface area contributed by atoms with Crippen molar-refractivity contribution in [3.05, 3.63) is 32.1 Å². The van der Waals surface area contributed by atoms with Gasteiger partial charge in [0, 0.05) is 24.1 Å². The van der Waals surface area contributed by atoms with Crippen LogP contribution in [0.5, 0.6) is 0 Å². The van der Waals surface area contributed by atoms with Crippen LogP contribution in [0.1, 0.15) is 42.7 Å². The number of rotatable bonds is 6. The summed E-state index contributed by atoms with van der Waals surface area (Å²) < 4.78 is 2.65. The molecular weight excluding hydrogens is 300 g/mol. The average molecular weight is 317 g/mol. The molecule has 0 radical (unpaired) electrons. The van der Waals surface area contributed by atoms with Crippen LogP contribution >= 0.6 is 15.9 Å². The highest BCUT2D eigenvalue weighted by atomic mass is 79.9. The van der Waals surface area contributed by atoms with Gasteiger partial charge in [0.15, 0.2) is 6.29 Å². The number of carbonyl (C=O) groups is 1. The molecule has 0 unspecified atom stereocenters. The van der Waals surface area contributed by atoms with E-state index >= 15 is 0 Å². The first-order chi connectivity index (χ1) is 8.62. The summed E-state index contributed by atoms with van der Waals surface area (Å²) in [7, 11) is 0. The second kappa shape index (κ2) is 6.68. The molecule has 1 aromatic rings. The summed E-state index contributed by atoms with van der Waals surface area (Å²) >= 11 is 3.24. The molecule has 0 atom stereocenters. The number of aromatic nitrogens is 2. The van der Waals surface area contributed by atoms with E-state index in [0.717, 1.165) is 11.0 Å². The van der Waals surface area contributed by atoms with Gasteiger partial charge in [0.1, 0.15) is 5.56 Å². The third-order valence-electron chi connectivity index (χ3n) is 2.71. The lowest BCUT2D eigenvalue weighted by atomic mass is 10.2. The maximum absolute atomic E-state index is 12.2. The molecule has 0 aliphatic carbocycles. The zero-order chi connectivity index (χ0) is 13.7. The molecule has 0 fully saturated rings. The Labute approximate surface area is 114 Å². The van der Waals surface area contributed by atoms with Gasteiger partial charge in [-0.15, -0.1) is 0 Å². The Morgan fingerprint density at radius 3 is 2.11 bits per heavy atom. The van der Waals surface area contributed by atoms with Crippen LogP contribution in [-0.4, -0.2) is 15.4 Å². The van der Waals surface area contributed by atoms with Crippen LogP contribution in [0.3, 0.4) is 0 Å². The van der Waals surface area contributed by atoms with Crippen molar-refractivity contribution >= 4 is 22.2 Å². The van der Waals surface area contributed by atoms with Gasteiger partial charge in [-0.05, 0) is 12.8 Å². The van der Waals surface area contributed by atoms with Crippen molar-refractivity contribution in [3.8, 4) is 0 Å². The SMILES string of the molecule is CCCn1c(CBr)c(C=O)c(=O)n(CCC)c1=O. The number of hydrogen-bond donors (Lipinski definition) is 0. The first kappa shape index (κ1) is 14.9. The molecule has 0 amide bonds. The van der Waals surface area contributed by atoms with Gasteiger partial charge in [0.05, 0.1) is 0 Å². The standard InChI is InChI=1S/C12H17BrN2O3/c1-3-5-14-10(7-13)9(8-16)11(17)15(6-4-2)12(14)18/h8H,3-7H2,1-2H3. The van der Waals surface area contributed by atoms with Gasteiger partial charge in [-0.2, -0.15) is 0 Å². The lowest BCUT2D eigenvalue weighted by Crippen LogP contribution is -2.43. The molecule has 0 saturated heterocycles. The first-order valence-corrected chi connectivity index (χ1v) is 7.12. The molecular formula is C12H17BrN2O3. The molecule has 5 nitrogen and oxygen atoms in total. The van der Waals surface area contributed by atoms with Gasteiger partial charge in [-0.3, -0.25) is 18.7 Å². The van der Waals surface area contributed by atoms with Crippen LogP contribution in [0.25, 0.3) is 0 Å². The number of aldehydes is 1. The molecule has 0 spiro atoms. The fourth-order valence-electron chi connectivity index (χ4n) is 1.90. The highest BCUT2D eigenvalue weighted by Gasteiger charge is 2.16. The molecule has 6 heteroatoms. The normalized spacial score (nSPS) is 10.6. The Morgan fingerprint density at radius 1 is 1.11 bits per heavy atom. The number of nitrogens with zero attached hydrogens (tertiary/aromatic N) is 2. The Kier molecular flexibility index (Phi) is 5.53. The second-order valence-electron chi connectivity index (χ2n) is 4.00. The lowest BCUT2D eigenvalue weighted by molar-refractivity contribution is 0.111. The Hall–Kier alpha value is -1.17. The average Bonchev–Trinajstić information content (AvgIpc) is 2.37. The highest BCUT2D eigenvalue weighted by molar-refractivity contribution is 9.08. The maximum atomic E-state index is 12.2. The Morgan fingerprint density at radius 2 is 1.67 bits per heavy atom. The van der Waals surface area contributed by atoms with Crippen LogP contribution in [0.2, 0.25) is 0 Å². The molecule has 100 valence electrons. The van der Waals surface area contributed by atoms with Crippen LogP contribution < -0.4 is 11.2 Å². The van der Waals surface area contributed by atoms with Gasteiger partial charge in [-0.25, -0.2) is 4.79 Å². The van der Waals surface area contributed by atoms with E-state index in [4.69, 9.17) is 0 Å². The van der Waals surface area contributed by atoms with Crippen LogP contribution in [0, 0.1) is 0 Å². The minimum absolute atomic E-state index is 0.0772. The largest absolute Gasteiger partial charge is 0.331 e. The van der Waals surface area contributed by atoms with E-state index in [1.54, 1.807) is 0 Å². The van der Waals surface area contributed by atoms with E-state index < -0.39 is 5.56 Å². The fraction of sp³-hybridized carbons (Fsp3) is 0.583. The molecule has 1 aromatic heterocycles. The van der Waals surface area contributed by atoms with E-state index in [9.17, 15) is 14.4 Å². The van der Waals surface area contributed by atoms with Crippen molar-refractivity contribution in [1.82, 2.24) is 9.13 Å². The lowest BCUT2D eigenvalue weighted by Gasteiger charge is -2.15. The summed E-state index contributed by atoms with van der Waals surface area (Å²) in [6.45, 7) is 4.67. The Bertz CT molecular complexity index is 545. The summed E-state index contributed by atoms with van der Waals surface area (Å²) in [6.07, 6.45) is 1.98. The van der Waals surface area contributed by atoms with Crippen molar-refractivity contribution in [2.24, 2.45) is 0 Å². The minimum Gasteiger partial charge on any atom is -0.298 e. The van der Waals surface area contributed by atoms with Crippen LogP contribution in [-0.2, 0) is 18.4 Å². The smallest absolute Gasteiger partial charge is 0.298 e. The Balaban J connectivity index is 3.68. The number of alkyl halides is 1. The molecule has 18 heavy (non-hydrogen) atoms. The van der Waals surface area contributed by atoms with Crippen LogP contribution in [0.15, 0.2) is 9.59 Å². The van der Waals surface area contributed by atoms with E-state index in [2.05, 4.69) is 15.9 Å². The molecule has 0 N–H and O–H groups in total. The van der Waals surface area contributed by atoms with Crippen molar-refractivity contribution in [2.45, 2.75) is 45.1 Å². The summed E-state index contributed by atoms with van der Waals surface area (Å²) in [6, 6.07) is 0. The minimum atomic E-state index is -0.487. The fourth-order valence-corrected chi connectivity index (χ4v) is 2.50. The van der Waals surface area contributed by atoms with Gasteiger partial charge in [0.2, 0.25) is 0 Å². The zero-order valence-corrected chi connectivity index (χ0v) is 12.2. The van der Waals surface area contributed by atoms with Crippen LogP contribution in [0.4, 0.5) is 0 Å². The monoisotopic (exact) mass is 316 g/mol. The molecule has 0 aliphatic rings. The molecule has 1 rings (SSSR count). The molecule has 0 bridgehead atoms. The zero-order valence-electron chi connectivity index (χ0n) is 10.6. The summed E-state index contributed by atoms with van der Waals surface area (Å²) in [5.74, 6) is 0. The summed E-state index contributed by atoms with van der Waals surface area (Å²) in [5, 5.41) is 0.318. The predicted molar refractivity (Wildman–Crippen MR) is 73.6 cm³/mol. The summed E-state index contributed by atoms with van der Waals surface area (Å²) in [4.78, 5) is 35.3. The van der Waals surface area contributed by atoms with E-state index in [1.165, 1.54) is 4.57 Å². The second-order valence-corrected chi connectivity index (χ2v) is 4.56. The number of halogens is 1. The van der Waals surface area contributed by atoms with E-state index in [-0.39, 0.29) is 11.3 Å². The third-order valence-corrected chi connectivity index (χ3v) is 3.24. The molecule has 0 aromatic carbocycles. The highest BCUT2D eigenvalue weighted by Crippen LogP contribution is 2.07. The van der Waals surface area contributed by atoms with Gasteiger partial charge >= 0.3 is 5.69 Å². The summed E-state index contributed by atoms with van der Waals surface area (Å²) in [5.41, 5.74) is -0.273. The molecule has 0 aliphatic heterocycles. The quantitative estimate of drug-likeness (QED) is 0.591. The van der Waals surface area contributed by atoms with E-state index in [1.807, 2.05) is 13.8 Å². The van der Waals surface area contributed by atoms with Crippen molar-refractivity contribution in [2.75, 3.05) is 0 Å². The maximum Gasteiger partial charge on any atom is 0.331 e. The predicted octanol–water partition coefficient (Wildman–Crippen LogP) is 1.54. The van der Waals surface area contributed by atoms with Gasteiger partial charge in [0.25, 0.3) is 5.56 Å². The first-order valence-electron chi connectivity index (χ1n) is 5.99.